The van der Waals surface area contributed by atoms with Gasteiger partial charge in [0.05, 0.1) is 6.04 Å². The van der Waals surface area contributed by atoms with E-state index in [1.165, 1.54) is 0 Å². The van der Waals surface area contributed by atoms with Crippen molar-refractivity contribution in [2.75, 3.05) is 17.3 Å². The van der Waals surface area contributed by atoms with E-state index in [-0.39, 0.29) is 36.1 Å². The van der Waals surface area contributed by atoms with E-state index in [2.05, 4.69) is 15.6 Å². The van der Waals surface area contributed by atoms with E-state index >= 15 is 0 Å². The van der Waals surface area contributed by atoms with Crippen molar-refractivity contribution in [3.05, 3.63) is 41.4 Å². The Labute approximate surface area is 174 Å². The molecule has 0 aliphatic carbocycles. The second-order valence-electron chi connectivity index (χ2n) is 6.75. The fraction of sp³-hybridized carbons (Fsp3) is 0.316. The Kier molecular flexibility index (Phi) is 6.54. The lowest BCUT2D eigenvalue weighted by atomic mass is 10.0. The van der Waals surface area contributed by atoms with Crippen molar-refractivity contribution in [1.82, 2.24) is 10.3 Å². The molecule has 0 bridgehead atoms. The van der Waals surface area contributed by atoms with Crippen molar-refractivity contribution in [2.45, 2.75) is 32.4 Å². The number of fused-ring (bicyclic) bond motifs is 1. The quantitative estimate of drug-likeness (QED) is 0.783. The molecule has 0 radical (unpaired) electrons. The molecule has 1 aromatic heterocycles. The highest BCUT2D eigenvalue weighted by Crippen LogP contribution is 2.41. The SMILES string of the molecule is CNC(C)C(=O)Nc1ccc2c(n1)OC(C)(C)C(=O)N2c1ccc(Cl)cc1.Cl. The number of aromatic nitrogens is 1. The van der Waals surface area contributed by atoms with E-state index in [0.29, 0.717) is 22.2 Å². The van der Waals surface area contributed by atoms with Crippen LogP contribution in [0.1, 0.15) is 20.8 Å². The maximum Gasteiger partial charge on any atom is 0.275 e. The lowest BCUT2D eigenvalue weighted by molar-refractivity contribution is -0.132. The number of hydrogen-bond acceptors (Lipinski definition) is 5. The molecule has 2 aromatic rings. The molecule has 1 atom stereocenters. The first-order chi connectivity index (χ1) is 12.7. The van der Waals surface area contributed by atoms with Gasteiger partial charge in [-0.2, -0.15) is 4.98 Å². The Bertz CT molecular complexity index is 887. The normalized spacial score (nSPS) is 15.8. The summed E-state index contributed by atoms with van der Waals surface area (Å²) in [7, 11) is 1.70. The van der Waals surface area contributed by atoms with Crippen molar-refractivity contribution in [1.29, 1.82) is 0 Å². The topological polar surface area (TPSA) is 83.6 Å². The first-order valence-corrected chi connectivity index (χ1v) is 8.89. The van der Waals surface area contributed by atoms with Crippen LogP contribution in [0.15, 0.2) is 36.4 Å². The molecule has 0 saturated heterocycles. The summed E-state index contributed by atoms with van der Waals surface area (Å²) in [6.07, 6.45) is 0. The number of carbonyl (C=O) groups is 2. The average Bonchev–Trinajstić information content (AvgIpc) is 2.63. The number of benzene rings is 1. The lowest BCUT2D eigenvalue weighted by Gasteiger charge is -2.38. The van der Waals surface area contributed by atoms with Gasteiger partial charge in [0, 0.05) is 10.7 Å². The Morgan fingerprint density at radius 2 is 1.86 bits per heavy atom. The highest BCUT2D eigenvalue weighted by atomic mass is 35.5. The van der Waals surface area contributed by atoms with E-state index in [0.717, 1.165) is 0 Å². The predicted molar refractivity (Wildman–Crippen MR) is 112 cm³/mol. The summed E-state index contributed by atoms with van der Waals surface area (Å²) in [5, 5.41) is 6.17. The Balaban J connectivity index is 0.00000280. The molecule has 9 heteroatoms. The van der Waals surface area contributed by atoms with Crippen LogP contribution in [0.5, 0.6) is 5.88 Å². The Morgan fingerprint density at radius 1 is 1.21 bits per heavy atom. The molecule has 2 heterocycles. The van der Waals surface area contributed by atoms with Crippen LogP contribution in [0.25, 0.3) is 0 Å². The van der Waals surface area contributed by atoms with Crippen LogP contribution in [-0.4, -0.2) is 35.5 Å². The molecular formula is C19H22Cl2N4O3. The number of likely N-dealkylation sites (N-methyl/N-ethyl adjacent to an activating group) is 1. The van der Waals surface area contributed by atoms with Crippen LogP contribution >= 0.6 is 24.0 Å². The molecule has 0 saturated carbocycles. The van der Waals surface area contributed by atoms with Crippen LogP contribution in [0.2, 0.25) is 5.02 Å². The van der Waals surface area contributed by atoms with Gasteiger partial charge in [0.1, 0.15) is 11.5 Å². The van der Waals surface area contributed by atoms with Crippen LogP contribution in [0.3, 0.4) is 0 Å². The molecule has 2 N–H and O–H groups in total. The molecule has 28 heavy (non-hydrogen) atoms. The Morgan fingerprint density at radius 3 is 2.46 bits per heavy atom. The zero-order valence-electron chi connectivity index (χ0n) is 15.9. The molecular weight excluding hydrogens is 403 g/mol. The highest BCUT2D eigenvalue weighted by Gasteiger charge is 2.42. The third-order valence-corrected chi connectivity index (χ3v) is 4.57. The maximum atomic E-state index is 12.9. The molecule has 3 rings (SSSR count). The van der Waals surface area contributed by atoms with Crippen molar-refractivity contribution in [3.63, 3.8) is 0 Å². The summed E-state index contributed by atoms with van der Waals surface area (Å²) in [6.45, 7) is 5.10. The first kappa shape index (κ1) is 21.9. The number of halogens is 2. The molecule has 0 fully saturated rings. The minimum Gasteiger partial charge on any atom is -0.460 e. The van der Waals surface area contributed by atoms with Crippen molar-refractivity contribution in [3.8, 4) is 5.88 Å². The number of nitrogens with one attached hydrogen (secondary N) is 2. The van der Waals surface area contributed by atoms with E-state index in [1.54, 1.807) is 69.1 Å². The van der Waals surface area contributed by atoms with Crippen LogP contribution < -0.4 is 20.3 Å². The standard InChI is InChI=1S/C19H21ClN4O3.ClH/c1-11(21-4)16(25)22-15-10-9-14-17(23-15)27-19(2,3)18(26)24(14)13-7-5-12(20)6-8-13;/h5-11,21H,1-4H3,(H,22,23,25);1H. The number of rotatable bonds is 4. The van der Waals surface area contributed by atoms with Gasteiger partial charge in [-0.1, -0.05) is 11.6 Å². The van der Waals surface area contributed by atoms with Gasteiger partial charge < -0.3 is 15.4 Å². The number of pyridine rings is 1. The van der Waals surface area contributed by atoms with Gasteiger partial charge in [0.25, 0.3) is 5.91 Å². The van der Waals surface area contributed by atoms with Gasteiger partial charge >= 0.3 is 0 Å². The van der Waals surface area contributed by atoms with Crippen molar-refractivity contribution < 1.29 is 14.3 Å². The van der Waals surface area contributed by atoms with E-state index in [9.17, 15) is 9.59 Å². The summed E-state index contributed by atoms with van der Waals surface area (Å²) < 4.78 is 5.82. The molecule has 1 unspecified atom stereocenters. The molecule has 2 amide bonds. The zero-order chi connectivity index (χ0) is 19.8. The van der Waals surface area contributed by atoms with Crippen LogP contribution in [-0.2, 0) is 9.59 Å². The third-order valence-electron chi connectivity index (χ3n) is 4.31. The highest BCUT2D eigenvalue weighted by molar-refractivity contribution is 6.30. The first-order valence-electron chi connectivity index (χ1n) is 8.51. The minimum absolute atomic E-state index is 0. The molecule has 7 nitrogen and oxygen atoms in total. The molecule has 150 valence electrons. The van der Waals surface area contributed by atoms with Crippen molar-refractivity contribution in [2.24, 2.45) is 0 Å². The van der Waals surface area contributed by atoms with Crippen LogP contribution in [0, 0.1) is 0 Å². The largest absolute Gasteiger partial charge is 0.460 e. The number of ether oxygens (including phenoxy) is 1. The zero-order valence-corrected chi connectivity index (χ0v) is 17.5. The summed E-state index contributed by atoms with van der Waals surface area (Å²) >= 11 is 5.96. The number of carbonyl (C=O) groups excluding carboxylic acids is 2. The second-order valence-corrected chi connectivity index (χ2v) is 7.19. The van der Waals surface area contributed by atoms with E-state index < -0.39 is 5.60 Å². The third kappa shape index (κ3) is 4.22. The van der Waals surface area contributed by atoms with E-state index in [1.807, 2.05) is 0 Å². The van der Waals surface area contributed by atoms with Gasteiger partial charge in [0.2, 0.25) is 11.8 Å². The molecule has 1 aliphatic rings. The predicted octanol–water partition coefficient (Wildman–Crippen LogP) is 3.54. The number of amides is 2. The van der Waals surface area contributed by atoms with Crippen LogP contribution in [0.4, 0.5) is 17.2 Å². The number of hydrogen-bond donors (Lipinski definition) is 2. The van der Waals surface area contributed by atoms with Gasteiger partial charge in [-0.15, -0.1) is 12.4 Å². The molecule has 0 spiro atoms. The summed E-state index contributed by atoms with van der Waals surface area (Å²) in [5.74, 6) is 0.178. The molecule has 1 aromatic carbocycles. The fourth-order valence-corrected chi connectivity index (χ4v) is 2.75. The second kappa shape index (κ2) is 8.34. The molecule has 1 aliphatic heterocycles. The lowest BCUT2D eigenvalue weighted by Crippen LogP contribution is -2.50. The minimum atomic E-state index is -1.11. The number of nitrogens with zero attached hydrogens (tertiary/aromatic N) is 2. The average molecular weight is 425 g/mol. The van der Waals surface area contributed by atoms with E-state index in [4.69, 9.17) is 16.3 Å². The summed E-state index contributed by atoms with van der Waals surface area (Å²) in [5.41, 5.74) is 0.0475. The van der Waals surface area contributed by atoms with Gasteiger partial charge in [-0.3, -0.25) is 14.5 Å². The summed E-state index contributed by atoms with van der Waals surface area (Å²) in [4.78, 5) is 31.0. The monoisotopic (exact) mass is 424 g/mol. The van der Waals surface area contributed by atoms with Crippen molar-refractivity contribution >= 4 is 53.0 Å². The smallest absolute Gasteiger partial charge is 0.275 e. The maximum absolute atomic E-state index is 12.9. The van der Waals surface area contributed by atoms with Gasteiger partial charge in [-0.05, 0) is 64.2 Å². The summed E-state index contributed by atoms with van der Waals surface area (Å²) in [6, 6.07) is 9.92. The van der Waals surface area contributed by atoms with Gasteiger partial charge in [-0.25, -0.2) is 0 Å². The number of anilines is 3. The Hall–Kier alpha value is -2.35. The fourth-order valence-electron chi connectivity index (χ4n) is 2.62. The van der Waals surface area contributed by atoms with Gasteiger partial charge in [0.15, 0.2) is 5.60 Å².